The van der Waals surface area contributed by atoms with Gasteiger partial charge in [0.15, 0.2) is 0 Å². The van der Waals surface area contributed by atoms with Gasteiger partial charge in [0, 0.05) is 0 Å². The van der Waals surface area contributed by atoms with Gasteiger partial charge < -0.3 is 10.4 Å². The van der Waals surface area contributed by atoms with Crippen molar-refractivity contribution in [1.82, 2.24) is 5.32 Å². The summed E-state index contributed by atoms with van der Waals surface area (Å²) in [6.07, 6.45) is 4.63. The zero-order valence-electron chi connectivity index (χ0n) is 11.1. The molecular formula is C15H18FNO3. The molecule has 0 bridgehead atoms. The number of amides is 1. The van der Waals surface area contributed by atoms with E-state index in [2.05, 4.69) is 5.32 Å². The molecule has 2 N–H and O–H groups in total. The summed E-state index contributed by atoms with van der Waals surface area (Å²) >= 11 is 0. The fraction of sp³-hybridized carbons (Fsp3) is 0.467. The minimum Gasteiger partial charge on any atom is -0.480 e. The molecule has 4 nitrogen and oxygen atoms in total. The molecule has 108 valence electrons. The van der Waals surface area contributed by atoms with Gasteiger partial charge in [-0.3, -0.25) is 4.79 Å². The van der Waals surface area contributed by atoms with E-state index in [-0.39, 0.29) is 11.5 Å². The lowest BCUT2D eigenvalue weighted by atomic mass is 9.84. The lowest BCUT2D eigenvalue weighted by Gasteiger charge is -2.28. The van der Waals surface area contributed by atoms with E-state index in [9.17, 15) is 19.1 Å². The quantitative estimate of drug-likeness (QED) is 0.890. The number of nitrogens with one attached hydrogen (secondary N) is 1. The lowest BCUT2D eigenvalue weighted by Crippen LogP contribution is -2.46. The van der Waals surface area contributed by atoms with Gasteiger partial charge in [-0.05, 0) is 30.9 Å². The maximum Gasteiger partial charge on any atom is 0.326 e. The van der Waals surface area contributed by atoms with Gasteiger partial charge in [-0.2, -0.15) is 0 Å². The third-order valence-corrected chi connectivity index (χ3v) is 3.79. The van der Waals surface area contributed by atoms with Crippen molar-refractivity contribution in [2.24, 2.45) is 5.92 Å². The van der Waals surface area contributed by atoms with Crippen LogP contribution in [0.25, 0.3) is 0 Å². The highest BCUT2D eigenvalue weighted by Gasteiger charge is 2.31. The maximum atomic E-state index is 13.5. The van der Waals surface area contributed by atoms with Crippen LogP contribution >= 0.6 is 0 Å². The molecule has 2 rings (SSSR count). The van der Waals surface area contributed by atoms with Crippen molar-refractivity contribution < 1.29 is 19.1 Å². The molecule has 1 unspecified atom stereocenters. The fourth-order valence-electron chi connectivity index (χ4n) is 2.71. The fourth-order valence-corrected chi connectivity index (χ4v) is 2.71. The van der Waals surface area contributed by atoms with E-state index in [0.29, 0.717) is 0 Å². The SMILES string of the molecule is O=C(NC(C(=O)O)C1CCCCC1)c1ccccc1F. The van der Waals surface area contributed by atoms with Gasteiger partial charge in [0.25, 0.3) is 5.91 Å². The highest BCUT2D eigenvalue weighted by molar-refractivity contribution is 5.96. The van der Waals surface area contributed by atoms with E-state index in [4.69, 9.17) is 0 Å². The van der Waals surface area contributed by atoms with Crippen LogP contribution in [0.2, 0.25) is 0 Å². The van der Waals surface area contributed by atoms with Crippen LogP contribution in [0.4, 0.5) is 4.39 Å². The zero-order chi connectivity index (χ0) is 14.5. The summed E-state index contributed by atoms with van der Waals surface area (Å²) in [5, 5.41) is 11.7. The van der Waals surface area contributed by atoms with Crippen molar-refractivity contribution in [3.63, 3.8) is 0 Å². The summed E-state index contributed by atoms with van der Waals surface area (Å²) in [4.78, 5) is 23.4. The third kappa shape index (κ3) is 3.35. The van der Waals surface area contributed by atoms with Crippen molar-refractivity contribution in [3.05, 3.63) is 35.6 Å². The molecule has 1 aromatic carbocycles. The highest BCUT2D eigenvalue weighted by atomic mass is 19.1. The molecule has 20 heavy (non-hydrogen) atoms. The Morgan fingerprint density at radius 1 is 1.20 bits per heavy atom. The number of carbonyl (C=O) groups excluding carboxylic acids is 1. The van der Waals surface area contributed by atoms with Crippen LogP contribution in [0.15, 0.2) is 24.3 Å². The van der Waals surface area contributed by atoms with Gasteiger partial charge in [-0.25, -0.2) is 9.18 Å². The standard InChI is InChI=1S/C15H18FNO3/c16-12-9-5-4-8-11(12)14(18)17-13(15(19)20)10-6-2-1-3-7-10/h4-5,8-10,13H,1-3,6-7H2,(H,17,18)(H,19,20). The Balaban J connectivity index is 2.10. The topological polar surface area (TPSA) is 66.4 Å². The molecule has 0 aromatic heterocycles. The van der Waals surface area contributed by atoms with E-state index in [1.165, 1.54) is 18.2 Å². The normalized spacial score (nSPS) is 17.4. The summed E-state index contributed by atoms with van der Waals surface area (Å²) in [7, 11) is 0. The average Bonchev–Trinajstić information content (AvgIpc) is 2.45. The number of carboxylic acid groups (broad SMARTS) is 1. The number of carboxylic acids is 1. The Morgan fingerprint density at radius 2 is 1.85 bits per heavy atom. The van der Waals surface area contributed by atoms with Crippen LogP contribution in [0.5, 0.6) is 0 Å². The molecule has 1 aliphatic rings. The second-order valence-electron chi connectivity index (χ2n) is 5.17. The lowest BCUT2D eigenvalue weighted by molar-refractivity contribution is -0.141. The van der Waals surface area contributed by atoms with Gasteiger partial charge in [0.05, 0.1) is 5.56 Å². The Labute approximate surface area is 117 Å². The minimum atomic E-state index is -1.05. The largest absolute Gasteiger partial charge is 0.480 e. The minimum absolute atomic E-state index is 0.0722. The number of halogens is 1. The number of rotatable bonds is 4. The molecule has 1 aromatic rings. The van der Waals surface area contributed by atoms with Crippen LogP contribution in [0.1, 0.15) is 42.5 Å². The summed E-state index contributed by atoms with van der Waals surface area (Å²) in [6, 6.07) is 4.63. The molecule has 0 aliphatic heterocycles. The van der Waals surface area contributed by atoms with Crippen LogP contribution < -0.4 is 5.32 Å². The van der Waals surface area contributed by atoms with Crippen molar-refractivity contribution in [2.45, 2.75) is 38.1 Å². The van der Waals surface area contributed by atoms with Crippen LogP contribution in [0.3, 0.4) is 0 Å². The molecule has 5 heteroatoms. The Morgan fingerprint density at radius 3 is 2.45 bits per heavy atom. The molecule has 1 amide bonds. The number of aliphatic carboxylic acids is 1. The van der Waals surface area contributed by atoms with Crippen molar-refractivity contribution in [2.75, 3.05) is 0 Å². The first-order valence-corrected chi connectivity index (χ1v) is 6.88. The molecule has 1 saturated carbocycles. The highest BCUT2D eigenvalue weighted by Crippen LogP contribution is 2.27. The predicted octanol–water partition coefficient (Wildman–Crippen LogP) is 2.59. The molecule has 1 fully saturated rings. The monoisotopic (exact) mass is 279 g/mol. The van der Waals surface area contributed by atoms with E-state index >= 15 is 0 Å². The smallest absolute Gasteiger partial charge is 0.326 e. The van der Waals surface area contributed by atoms with Crippen LogP contribution in [-0.2, 0) is 4.79 Å². The summed E-state index contributed by atoms with van der Waals surface area (Å²) in [5.74, 6) is -2.43. The van der Waals surface area contributed by atoms with Crippen molar-refractivity contribution in [1.29, 1.82) is 0 Å². The van der Waals surface area contributed by atoms with Gasteiger partial charge >= 0.3 is 5.97 Å². The number of hydrogen-bond acceptors (Lipinski definition) is 2. The molecule has 1 atom stereocenters. The summed E-state index contributed by atoms with van der Waals surface area (Å²) in [5.41, 5.74) is -0.116. The van der Waals surface area contributed by atoms with Gasteiger partial charge in [0.2, 0.25) is 0 Å². The van der Waals surface area contributed by atoms with E-state index in [0.717, 1.165) is 32.1 Å². The van der Waals surface area contributed by atoms with Crippen LogP contribution in [0, 0.1) is 11.7 Å². The van der Waals surface area contributed by atoms with E-state index < -0.39 is 23.7 Å². The predicted molar refractivity (Wildman–Crippen MR) is 71.9 cm³/mol. The first-order chi connectivity index (χ1) is 9.59. The number of hydrogen-bond donors (Lipinski definition) is 2. The van der Waals surface area contributed by atoms with Gasteiger partial charge in [0.1, 0.15) is 11.9 Å². The Bertz CT molecular complexity index is 498. The Hall–Kier alpha value is -1.91. The van der Waals surface area contributed by atoms with Crippen molar-refractivity contribution in [3.8, 4) is 0 Å². The molecule has 1 aliphatic carbocycles. The van der Waals surface area contributed by atoms with E-state index in [1.807, 2.05) is 0 Å². The zero-order valence-corrected chi connectivity index (χ0v) is 11.1. The molecule has 0 spiro atoms. The second kappa shape index (κ2) is 6.50. The summed E-state index contributed by atoms with van der Waals surface area (Å²) in [6.45, 7) is 0. The van der Waals surface area contributed by atoms with Crippen LogP contribution in [-0.4, -0.2) is 23.0 Å². The maximum absolute atomic E-state index is 13.5. The Kier molecular flexibility index (Phi) is 4.71. The number of carbonyl (C=O) groups is 2. The summed E-state index contributed by atoms with van der Waals surface area (Å²) < 4.78 is 13.5. The molecule has 0 heterocycles. The second-order valence-corrected chi connectivity index (χ2v) is 5.17. The van der Waals surface area contributed by atoms with Gasteiger partial charge in [-0.15, -0.1) is 0 Å². The van der Waals surface area contributed by atoms with Crippen molar-refractivity contribution >= 4 is 11.9 Å². The molecule has 0 saturated heterocycles. The number of benzene rings is 1. The van der Waals surface area contributed by atoms with Gasteiger partial charge in [-0.1, -0.05) is 31.4 Å². The first-order valence-electron chi connectivity index (χ1n) is 6.88. The third-order valence-electron chi connectivity index (χ3n) is 3.79. The van der Waals surface area contributed by atoms with E-state index in [1.54, 1.807) is 6.07 Å². The average molecular weight is 279 g/mol. The molecule has 0 radical (unpaired) electrons. The first kappa shape index (κ1) is 14.5. The molecular weight excluding hydrogens is 261 g/mol.